The Hall–Kier alpha value is -0.860. The fourth-order valence-electron chi connectivity index (χ4n) is 3.35. The summed E-state index contributed by atoms with van der Waals surface area (Å²) in [5.74, 6) is 2.44. The lowest BCUT2D eigenvalue weighted by Gasteiger charge is -2.26. The lowest BCUT2D eigenvalue weighted by atomic mass is 9.82. The van der Waals surface area contributed by atoms with Gasteiger partial charge in [-0.25, -0.2) is 9.79 Å². The summed E-state index contributed by atoms with van der Waals surface area (Å²) in [5, 5.41) is 2.20. The van der Waals surface area contributed by atoms with Crippen LogP contribution >= 0.6 is 11.6 Å². The number of nitrogens with one attached hydrogen (secondary N) is 1. The zero-order valence-corrected chi connectivity index (χ0v) is 9.74. The molecule has 2 saturated carbocycles. The van der Waals surface area contributed by atoms with Gasteiger partial charge in [-0.1, -0.05) is 0 Å². The maximum Gasteiger partial charge on any atom is 0.313 e. The van der Waals surface area contributed by atoms with Crippen molar-refractivity contribution in [3.63, 3.8) is 0 Å². The van der Waals surface area contributed by atoms with Crippen LogP contribution in [0, 0.1) is 23.7 Å². The first kappa shape index (κ1) is 11.6. The Kier molecular flexibility index (Phi) is 3.62. The van der Waals surface area contributed by atoms with Gasteiger partial charge >= 0.3 is 5.37 Å². The zero-order valence-electron chi connectivity index (χ0n) is 8.99. The standard InChI is InChI=1S/C11H15ClN2O2/c12-11(16)14-5-10-3-7-1-8(10)2-9(7)4-13-6-15/h7-10H,1-5H2,(H,14,16). The first-order valence-corrected chi connectivity index (χ1v) is 6.05. The summed E-state index contributed by atoms with van der Waals surface area (Å²) >= 11 is 5.25. The predicted molar refractivity (Wildman–Crippen MR) is 60.1 cm³/mol. The second kappa shape index (κ2) is 4.98. The van der Waals surface area contributed by atoms with Crippen molar-refractivity contribution in [1.29, 1.82) is 0 Å². The van der Waals surface area contributed by atoms with Crippen LogP contribution in [0.3, 0.4) is 0 Å². The van der Waals surface area contributed by atoms with Crippen LogP contribution in [-0.4, -0.2) is 24.5 Å². The number of carbonyl (C=O) groups excluding carboxylic acids is 2. The van der Waals surface area contributed by atoms with E-state index in [1.54, 1.807) is 6.08 Å². The smallest absolute Gasteiger partial charge is 0.313 e. The molecule has 4 nitrogen and oxygen atoms in total. The molecule has 2 bridgehead atoms. The van der Waals surface area contributed by atoms with E-state index in [1.807, 2.05) is 0 Å². The van der Waals surface area contributed by atoms with E-state index in [4.69, 9.17) is 11.6 Å². The normalized spacial score (nSPS) is 35.8. The molecule has 1 amide bonds. The van der Waals surface area contributed by atoms with Crippen LogP contribution in [0.1, 0.15) is 19.3 Å². The van der Waals surface area contributed by atoms with Crippen molar-refractivity contribution in [2.24, 2.45) is 28.7 Å². The van der Waals surface area contributed by atoms with Crippen LogP contribution in [0.4, 0.5) is 4.79 Å². The fourth-order valence-corrected chi connectivity index (χ4v) is 3.43. The molecule has 2 fully saturated rings. The highest BCUT2D eigenvalue weighted by Crippen LogP contribution is 2.51. The van der Waals surface area contributed by atoms with E-state index in [-0.39, 0.29) is 0 Å². The van der Waals surface area contributed by atoms with Gasteiger partial charge in [-0.05, 0) is 54.5 Å². The third kappa shape index (κ3) is 2.45. The molecular formula is C11H15ClN2O2. The molecule has 0 radical (unpaired) electrons. The molecule has 5 heteroatoms. The molecule has 0 spiro atoms. The van der Waals surface area contributed by atoms with Crippen molar-refractivity contribution in [3.8, 4) is 0 Å². The molecule has 16 heavy (non-hydrogen) atoms. The molecule has 88 valence electrons. The number of halogens is 1. The Morgan fingerprint density at radius 1 is 1.31 bits per heavy atom. The van der Waals surface area contributed by atoms with Crippen LogP contribution < -0.4 is 5.32 Å². The number of isocyanates is 1. The van der Waals surface area contributed by atoms with E-state index in [0.717, 1.165) is 12.8 Å². The molecule has 2 aliphatic rings. The minimum atomic E-state index is -0.468. The third-order valence-corrected chi connectivity index (χ3v) is 4.18. The summed E-state index contributed by atoms with van der Waals surface area (Å²) in [6.07, 6.45) is 5.07. The summed E-state index contributed by atoms with van der Waals surface area (Å²) < 4.78 is 0. The lowest BCUT2D eigenvalue weighted by Crippen LogP contribution is -2.30. The van der Waals surface area contributed by atoms with E-state index in [9.17, 15) is 9.59 Å². The quantitative estimate of drug-likeness (QED) is 0.354. The van der Waals surface area contributed by atoms with Crippen molar-refractivity contribution in [3.05, 3.63) is 0 Å². The highest BCUT2D eigenvalue weighted by atomic mass is 35.5. The molecule has 1 N–H and O–H groups in total. The highest BCUT2D eigenvalue weighted by Gasteiger charge is 2.45. The van der Waals surface area contributed by atoms with Crippen molar-refractivity contribution in [2.75, 3.05) is 13.1 Å². The predicted octanol–water partition coefficient (Wildman–Crippen LogP) is 1.93. The van der Waals surface area contributed by atoms with E-state index in [0.29, 0.717) is 36.8 Å². The fraction of sp³-hybridized carbons (Fsp3) is 0.818. The number of hydrogen-bond donors (Lipinski definition) is 1. The molecule has 4 atom stereocenters. The van der Waals surface area contributed by atoms with E-state index in [1.165, 1.54) is 6.42 Å². The van der Waals surface area contributed by atoms with Gasteiger partial charge < -0.3 is 5.32 Å². The van der Waals surface area contributed by atoms with E-state index >= 15 is 0 Å². The topological polar surface area (TPSA) is 58.5 Å². The van der Waals surface area contributed by atoms with Gasteiger partial charge in [-0.3, -0.25) is 4.79 Å². The average Bonchev–Trinajstić information content (AvgIpc) is 2.82. The van der Waals surface area contributed by atoms with E-state index in [2.05, 4.69) is 10.3 Å². The Morgan fingerprint density at radius 2 is 2.00 bits per heavy atom. The highest BCUT2D eigenvalue weighted by molar-refractivity contribution is 6.62. The second-order valence-corrected chi connectivity index (χ2v) is 5.18. The molecule has 0 aromatic carbocycles. The first-order chi connectivity index (χ1) is 7.70. The van der Waals surface area contributed by atoms with Gasteiger partial charge in [0.15, 0.2) is 0 Å². The van der Waals surface area contributed by atoms with Crippen LogP contribution in [0.15, 0.2) is 4.99 Å². The van der Waals surface area contributed by atoms with Crippen molar-refractivity contribution < 1.29 is 9.59 Å². The van der Waals surface area contributed by atoms with Gasteiger partial charge in [0, 0.05) is 6.54 Å². The molecule has 0 aliphatic heterocycles. The Bertz CT molecular complexity index is 328. The molecule has 2 aliphatic carbocycles. The number of nitrogens with zero attached hydrogens (tertiary/aromatic N) is 1. The number of carbonyl (C=O) groups is 1. The van der Waals surface area contributed by atoms with Crippen molar-refractivity contribution >= 4 is 23.0 Å². The summed E-state index contributed by atoms with van der Waals surface area (Å²) in [6.45, 7) is 1.31. The van der Waals surface area contributed by atoms with Gasteiger partial charge in [0.25, 0.3) is 0 Å². The Morgan fingerprint density at radius 3 is 2.56 bits per heavy atom. The Labute approximate surface area is 99.4 Å². The third-order valence-electron chi connectivity index (χ3n) is 4.04. The average molecular weight is 243 g/mol. The van der Waals surface area contributed by atoms with Gasteiger partial charge in [-0.15, -0.1) is 0 Å². The maximum atomic E-state index is 10.6. The first-order valence-electron chi connectivity index (χ1n) is 5.67. The summed E-state index contributed by atoms with van der Waals surface area (Å²) in [7, 11) is 0. The number of fused-ring (bicyclic) bond motifs is 2. The second-order valence-electron chi connectivity index (χ2n) is 4.83. The van der Waals surface area contributed by atoms with Crippen molar-refractivity contribution in [1.82, 2.24) is 5.32 Å². The molecule has 0 heterocycles. The van der Waals surface area contributed by atoms with Gasteiger partial charge in [0.2, 0.25) is 6.08 Å². The number of amides is 1. The largest absolute Gasteiger partial charge is 0.342 e. The van der Waals surface area contributed by atoms with Crippen LogP contribution in [-0.2, 0) is 4.79 Å². The minimum Gasteiger partial charge on any atom is -0.342 e. The van der Waals surface area contributed by atoms with Gasteiger partial charge in [0.05, 0.1) is 6.54 Å². The molecule has 0 aromatic rings. The number of rotatable bonds is 4. The van der Waals surface area contributed by atoms with Gasteiger partial charge in [-0.2, -0.15) is 0 Å². The summed E-state index contributed by atoms with van der Waals surface area (Å²) in [5.41, 5.74) is 0. The summed E-state index contributed by atoms with van der Waals surface area (Å²) in [6, 6.07) is 0. The molecular weight excluding hydrogens is 228 g/mol. The Balaban J connectivity index is 1.81. The molecule has 0 aromatic heterocycles. The summed E-state index contributed by atoms with van der Waals surface area (Å²) in [4.78, 5) is 24.3. The number of aliphatic imine (C=N–C) groups is 1. The maximum absolute atomic E-state index is 10.6. The van der Waals surface area contributed by atoms with Crippen molar-refractivity contribution in [2.45, 2.75) is 19.3 Å². The minimum absolute atomic E-state index is 0.468. The lowest BCUT2D eigenvalue weighted by molar-refractivity contribution is 0.241. The zero-order chi connectivity index (χ0) is 11.5. The van der Waals surface area contributed by atoms with Gasteiger partial charge in [0.1, 0.15) is 0 Å². The molecule has 0 saturated heterocycles. The molecule has 4 unspecified atom stereocenters. The van der Waals surface area contributed by atoms with E-state index < -0.39 is 5.37 Å². The molecule has 2 rings (SSSR count). The number of hydrogen-bond acceptors (Lipinski definition) is 3. The van der Waals surface area contributed by atoms with Crippen LogP contribution in [0.5, 0.6) is 0 Å². The van der Waals surface area contributed by atoms with Crippen LogP contribution in [0.25, 0.3) is 0 Å². The SMILES string of the molecule is O=C=NCC1CC2CC1CC2CNC(=O)Cl. The van der Waals surface area contributed by atoms with Crippen LogP contribution in [0.2, 0.25) is 0 Å². The monoisotopic (exact) mass is 242 g/mol.